The van der Waals surface area contributed by atoms with Crippen molar-refractivity contribution in [3.05, 3.63) is 45.7 Å². The second-order valence-corrected chi connectivity index (χ2v) is 5.85. The third-order valence-corrected chi connectivity index (χ3v) is 4.63. The van der Waals surface area contributed by atoms with Crippen LogP contribution in [0.4, 0.5) is 0 Å². The van der Waals surface area contributed by atoms with Crippen molar-refractivity contribution >= 4 is 15.9 Å². The van der Waals surface area contributed by atoms with Gasteiger partial charge in [-0.15, -0.1) is 0 Å². The molecule has 0 aliphatic rings. The quantitative estimate of drug-likeness (QED) is 0.617. The van der Waals surface area contributed by atoms with E-state index in [2.05, 4.69) is 32.5 Å². The van der Waals surface area contributed by atoms with Crippen LogP contribution in [0.1, 0.15) is 17.0 Å². The number of nitrogens with zero attached hydrogens (tertiary/aromatic N) is 2. The van der Waals surface area contributed by atoms with Gasteiger partial charge < -0.3 is 4.74 Å². The van der Waals surface area contributed by atoms with Gasteiger partial charge in [0.1, 0.15) is 5.75 Å². The van der Waals surface area contributed by atoms with Crippen LogP contribution in [0.15, 0.2) is 28.7 Å². The molecule has 2 aromatic rings. The number of aromatic nitrogens is 2. The number of rotatable bonds is 6. The Morgan fingerprint density at radius 2 is 2.10 bits per heavy atom. The van der Waals surface area contributed by atoms with Gasteiger partial charge in [-0.25, -0.2) is 0 Å². The lowest BCUT2D eigenvalue weighted by Crippen LogP contribution is -2.39. The van der Waals surface area contributed by atoms with Gasteiger partial charge >= 0.3 is 0 Å². The molecule has 0 fully saturated rings. The highest BCUT2D eigenvalue weighted by Gasteiger charge is 2.17. The summed E-state index contributed by atoms with van der Waals surface area (Å²) >= 11 is 3.60. The summed E-state index contributed by atoms with van der Waals surface area (Å²) < 4.78 is 8.34. The third kappa shape index (κ3) is 3.64. The lowest BCUT2D eigenvalue weighted by atomic mass is 10.0. The molecule has 0 bridgehead atoms. The van der Waals surface area contributed by atoms with Crippen LogP contribution in [0, 0.1) is 6.92 Å². The number of para-hydroxylation sites is 1. The second kappa shape index (κ2) is 7.06. The number of hydrazine groups is 1. The summed E-state index contributed by atoms with van der Waals surface area (Å²) in [5.41, 5.74) is 6.15. The molecule has 5 nitrogen and oxygen atoms in total. The molecule has 1 atom stereocenters. The maximum Gasteiger partial charge on any atom is 0.122 e. The number of ether oxygens (including phenoxy) is 1. The van der Waals surface area contributed by atoms with Crippen LogP contribution < -0.4 is 16.0 Å². The van der Waals surface area contributed by atoms with Crippen molar-refractivity contribution in [3.63, 3.8) is 0 Å². The zero-order chi connectivity index (χ0) is 15.4. The molecular formula is C15H21BrN4O. The first-order chi connectivity index (χ1) is 10.1. The Kier molecular flexibility index (Phi) is 5.39. The van der Waals surface area contributed by atoms with Gasteiger partial charge in [-0.2, -0.15) is 5.10 Å². The van der Waals surface area contributed by atoms with E-state index >= 15 is 0 Å². The molecular weight excluding hydrogens is 332 g/mol. The van der Waals surface area contributed by atoms with Crippen molar-refractivity contribution in [2.45, 2.75) is 25.8 Å². The number of nitrogens with two attached hydrogens (primary N) is 1. The van der Waals surface area contributed by atoms with Gasteiger partial charge in [0.25, 0.3) is 0 Å². The first kappa shape index (κ1) is 16.0. The number of nitrogens with one attached hydrogen (secondary N) is 1. The Hall–Kier alpha value is -1.37. The first-order valence-corrected chi connectivity index (χ1v) is 7.62. The number of hydrogen-bond acceptors (Lipinski definition) is 4. The van der Waals surface area contributed by atoms with E-state index in [0.29, 0.717) is 0 Å². The van der Waals surface area contributed by atoms with Crippen LogP contribution in [0.3, 0.4) is 0 Å². The molecule has 0 saturated heterocycles. The maximum absolute atomic E-state index is 5.73. The summed E-state index contributed by atoms with van der Waals surface area (Å²) in [4.78, 5) is 0. The van der Waals surface area contributed by atoms with E-state index in [1.807, 2.05) is 36.9 Å². The summed E-state index contributed by atoms with van der Waals surface area (Å²) in [5, 5.41) is 4.42. The minimum absolute atomic E-state index is 0.104. The van der Waals surface area contributed by atoms with Crippen LogP contribution in [0.2, 0.25) is 0 Å². The van der Waals surface area contributed by atoms with Crippen molar-refractivity contribution in [3.8, 4) is 5.75 Å². The van der Waals surface area contributed by atoms with Gasteiger partial charge in [0.05, 0.1) is 23.0 Å². The van der Waals surface area contributed by atoms with Crippen molar-refractivity contribution < 1.29 is 4.74 Å². The highest BCUT2D eigenvalue weighted by molar-refractivity contribution is 9.10. The van der Waals surface area contributed by atoms with Gasteiger partial charge in [0.2, 0.25) is 0 Å². The molecule has 0 radical (unpaired) electrons. The Balaban J connectivity index is 2.17. The molecule has 1 aromatic heterocycles. The lowest BCUT2D eigenvalue weighted by Gasteiger charge is -2.18. The second-order valence-electron chi connectivity index (χ2n) is 5.05. The van der Waals surface area contributed by atoms with Crippen molar-refractivity contribution in [1.29, 1.82) is 0 Å². The topological polar surface area (TPSA) is 65.1 Å². The fraction of sp³-hybridized carbons (Fsp3) is 0.400. The van der Waals surface area contributed by atoms with Crippen molar-refractivity contribution in [2.24, 2.45) is 12.9 Å². The SMILES string of the molecule is COc1ccccc1CC(Cc1c(Br)c(C)nn1C)NN. The van der Waals surface area contributed by atoms with Gasteiger partial charge in [-0.05, 0) is 40.9 Å². The monoisotopic (exact) mass is 352 g/mol. The predicted molar refractivity (Wildman–Crippen MR) is 87.2 cm³/mol. The zero-order valence-electron chi connectivity index (χ0n) is 12.6. The van der Waals surface area contributed by atoms with Crippen molar-refractivity contribution in [1.82, 2.24) is 15.2 Å². The molecule has 0 spiro atoms. The van der Waals surface area contributed by atoms with Gasteiger partial charge in [0.15, 0.2) is 0 Å². The van der Waals surface area contributed by atoms with E-state index in [1.165, 1.54) is 0 Å². The van der Waals surface area contributed by atoms with E-state index in [1.54, 1.807) is 7.11 Å². The molecule has 0 aliphatic carbocycles. The average Bonchev–Trinajstić information content (AvgIpc) is 2.73. The molecule has 1 heterocycles. The van der Waals surface area contributed by atoms with E-state index < -0.39 is 0 Å². The predicted octanol–water partition coefficient (Wildman–Crippen LogP) is 2.12. The minimum Gasteiger partial charge on any atom is -0.496 e. The number of benzene rings is 1. The fourth-order valence-corrected chi connectivity index (χ4v) is 2.96. The number of methoxy groups -OCH3 is 1. The standard InChI is InChI=1S/C15H21BrN4O/c1-10-15(16)13(20(2)19-10)9-12(18-17)8-11-6-4-5-7-14(11)21-3/h4-7,12,18H,8-9,17H2,1-3H3. The summed E-state index contributed by atoms with van der Waals surface area (Å²) in [6.07, 6.45) is 1.57. The Morgan fingerprint density at radius 1 is 1.38 bits per heavy atom. The van der Waals surface area contributed by atoms with E-state index in [-0.39, 0.29) is 6.04 Å². The molecule has 1 aromatic carbocycles. The van der Waals surface area contributed by atoms with Crippen LogP contribution >= 0.6 is 15.9 Å². The van der Waals surface area contributed by atoms with Crippen molar-refractivity contribution in [2.75, 3.05) is 7.11 Å². The van der Waals surface area contributed by atoms with Gasteiger partial charge in [0, 0.05) is 19.5 Å². The molecule has 21 heavy (non-hydrogen) atoms. The Morgan fingerprint density at radius 3 is 2.67 bits per heavy atom. The molecule has 3 N–H and O–H groups in total. The zero-order valence-corrected chi connectivity index (χ0v) is 14.1. The van der Waals surface area contributed by atoms with Crippen LogP contribution in [0.5, 0.6) is 5.75 Å². The number of aryl methyl sites for hydroxylation is 2. The van der Waals surface area contributed by atoms with E-state index in [9.17, 15) is 0 Å². The van der Waals surface area contributed by atoms with Gasteiger partial charge in [-0.3, -0.25) is 16.0 Å². The maximum atomic E-state index is 5.73. The first-order valence-electron chi connectivity index (χ1n) is 6.82. The lowest BCUT2D eigenvalue weighted by molar-refractivity contribution is 0.404. The molecule has 0 saturated carbocycles. The summed E-state index contributed by atoms with van der Waals surface area (Å²) in [7, 11) is 3.63. The highest BCUT2D eigenvalue weighted by atomic mass is 79.9. The van der Waals surface area contributed by atoms with E-state index in [0.717, 1.165) is 40.0 Å². The van der Waals surface area contributed by atoms with Crippen LogP contribution in [-0.4, -0.2) is 22.9 Å². The fourth-order valence-electron chi connectivity index (χ4n) is 2.46. The molecule has 6 heteroatoms. The van der Waals surface area contributed by atoms with Gasteiger partial charge in [-0.1, -0.05) is 18.2 Å². The summed E-state index contributed by atoms with van der Waals surface area (Å²) in [6, 6.07) is 8.11. The molecule has 0 aliphatic heterocycles. The normalized spacial score (nSPS) is 12.4. The molecule has 1 unspecified atom stereocenters. The Bertz CT molecular complexity index is 612. The summed E-state index contributed by atoms with van der Waals surface area (Å²) in [5.74, 6) is 6.62. The van der Waals surface area contributed by atoms with E-state index in [4.69, 9.17) is 10.6 Å². The Labute approximate surface area is 133 Å². The smallest absolute Gasteiger partial charge is 0.122 e. The number of hydrogen-bond donors (Lipinski definition) is 2. The van der Waals surface area contributed by atoms with Crippen LogP contribution in [0.25, 0.3) is 0 Å². The molecule has 0 amide bonds. The molecule has 114 valence electrons. The largest absolute Gasteiger partial charge is 0.496 e. The summed E-state index contributed by atoms with van der Waals surface area (Å²) in [6.45, 7) is 1.98. The minimum atomic E-state index is 0.104. The average molecular weight is 353 g/mol. The highest BCUT2D eigenvalue weighted by Crippen LogP contribution is 2.24. The van der Waals surface area contributed by atoms with Crippen LogP contribution in [-0.2, 0) is 19.9 Å². The third-order valence-electron chi connectivity index (χ3n) is 3.60. The molecule has 2 rings (SSSR count). The number of halogens is 1.